The fourth-order valence-electron chi connectivity index (χ4n) is 5.40. The Bertz CT molecular complexity index is 379. The molecule has 4 nitrogen and oxygen atoms in total. The molecule has 4 saturated heterocycles. The number of nitrogens with one attached hydrogen (secondary N) is 1. The second-order valence-electron chi connectivity index (χ2n) is 8.92. The molecule has 4 aliphatic rings. The van der Waals surface area contributed by atoms with E-state index >= 15 is 0 Å². The van der Waals surface area contributed by atoms with Gasteiger partial charge >= 0.3 is 0 Å². The van der Waals surface area contributed by atoms with Crippen molar-refractivity contribution in [2.75, 3.05) is 72.0 Å². The molecule has 0 bridgehead atoms. The summed E-state index contributed by atoms with van der Waals surface area (Å²) in [5.74, 6) is 1.90. The van der Waals surface area contributed by atoms with Gasteiger partial charge in [-0.15, -0.1) is 0 Å². The lowest BCUT2D eigenvalue weighted by Crippen LogP contribution is -2.71. The third-order valence-corrected chi connectivity index (χ3v) is 6.91. The van der Waals surface area contributed by atoms with E-state index in [9.17, 15) is 0 Å². The molecule has 4 rings (SSSR count). The average Bonchev–Trinajstić information content (AvgIpc) is 2.50. The zero-order chi connectivity index (χ0) is 15.7. The van der Waals surface area contributed by atoms with Crippen molar-refractivity contribution in [3.05, 3.63) is 0 Å². The van der Waals surface area contributed by atoms with E-state index in [1.807, 2.05) is 0 Å². The van der Waals surface area contributed by atoms with Gasteiger partial charge in [0.15, 0.2) is 0 Å². The summed E-state index contributed by atoms with van der Waals surface area (Å²) in [5, 5.41) is 3.44. The minimum atomic E-state index is 0.701. The summed E-state index contributed by atoms with van der Waals surface area (Å²) in [6.07, 6.45) is 5.75. The van der Waals surface area contributed by atoms with Crippen molar-refractivity contribution in [2.24, 2.45) is 17.3 Å². The van der Waals surface area contributed by atoms with Crippen LogP contribution in [-0.4, -0.2) is 86.7 Å². The van der Waals surface area contributed by atoms with Crippen molar-refractivity contribution < 1.29 is 0 Å². The van der Waals surface area contributed by atoms with Crippen LogP contribution >= 0.6 is 0 Å². The Kier molecular flexibility index (Phi) is 4.96. The van der Waals surface area contributed by atoms with Gasteiger partial charge in [-0.05, 0) is 63.7 Å². The summed E-state index contributed by atoms with van der Waals surface area (Å²) >= 11 is 0. The minimum Gasteiger partial charge on any atom is -0.315 e. The predicted octanol–water partition coefficient (Wildman–Crippen LogP) is 1.34. The first kappa shape index (κ1) is 16.3. The van der Waals surface area contributed by atoms with Gasteiger partial charge in [0.25, 0.3) is 0 Å². The van der Waals surface area contributed by atoms with Crippen LogP contribution in [0.1, 0.15) is 32.6 Å². The molecule has 4 aliphatic heterocycles. The molecular weight excluding hydrogens is 284 g/mol. The third-order valence-electron chi connectivity index (χ3n) is 6.91. The van der Waals surface area contributed by atoms with Gasteiger partial charge in [-0.3, -0.25) is 0 Å². The first-order valence-electron chi connectivity index (χ1n) is 10.1. The van der Waals surface area contributed by atoms with Crippen molar-refractivity contribution in [1.29, 1.82) is 0 Å². The summed E-state index contributed by atoms with van der Waals surface area (Å²) in [4.78, 5) is 8.14. The van der Waals surface area contributed by atoms with Gasteiger partial charge in [0.2, 0.25) is 0 Å². The third kappa shape index (κ3) is 3.76. The van der Waals surface area contributed by atoms with E-state index < -0.39 is 0 Å². The van der Waals surface area contributed by atoms with E-state index in [0.29, 0.717) is 5.41 Å². The smallest absolute Gasteiger partial charge is 0.0207 e. The van der Waals surface area contributed by atoms with Crippen molar-refractivity contribution in [3.63, 3.8) is 0 Å². The van der Waals surface area contributed by atoms with Crippen LogP contribution in [-0.2, 0) is 0 Å². The van der Waals surface area contributed by atoms with Crippen molar-refractivity contribution in [2.45, 2.75) is 32.6 Å². The Hall–Kier alpha value is -0.160. The molecule has 0 aliphatic carbocycles. The van der Waals surface area contributed by atoms with Gasteiger partial charge in [-0.25, -0.2) is 0 Å². The van der Waals surface area contributed by atoms with Gasteiger partial charge in [-0.2, -0.15) is 0 Å². The number of nitrogens with zero attached hydrogens (tertiary/aromatic N) is 3. The highest BCUT2D eigenvalue weighted by atomic mass is 15.3. The summed E-state index contributed by atoms with van der Waals surface area (Å²) < 4.78 is 0. The molecule has 0 saturated carbocycles. The van der Waals surface area contributed by atoms with E-state index in [1.165, 1.54) is 97.7 Å². The maximum Gasteiger partial charge on any atom is 0.0207 e. The maximum atomic E-state index is 3.44. The largest absolute Gasteiger partial charge is 0.315 e. The fourth-order valence-corrected chi connectivity index (χ4v) is 5.40. The highest BCUT2D eigenvalue weighted by Gasteiger charge is 2.47. The molecule has 23 heavy (non-hydrogen) atoms. The summed E-state index contributed by atoms with van der Waals surface area (Å²) in [6.45, 7) is 17.0. The number of hydrogen-bond donors (Lipinski definition) is 1. The van der Waals surface area contributed by atoms with Crippen LogP contribution in [0.5, 0.6) is 0 Å². The molecule has 4 fully saturated rings. The molecule has 1 spiro atoms. The molecule has 0 aromatic heterocycles. The molecular formula is C19H36N4. The highest BCUT2D eigenvalue weighted by molar-refractivity contribution is 5.04. The predicted molar refractivity (Wildman–Crippen MR) is 95.7 cm³/mol. The molecule has 0 radical (unpaired) electrons. The molecule has 1 unspecified atom stereocenters. The van der Waals surface area contributed by atoms with Crippen LogP contribution in [0.3, 0.4) is 0 Å². The molecule has 0 aromatic rings. The van der Waals surface area contributed by atoms with E-state index in [1.54, 1.807) is 0 Å². The van der Waals surface area contributed by atoms with Gasteiger partial charge in [0.1, 0.15) is 0 Å². The zero-order valence-corrected chi connectivity index (χ0v) is 15.1. The lowest BCUT2D eigenvalue weighted by Gasteiger charge is -2.57. The first-order valence-corrected chi connectivity index (χ1v) is 10.1. The molecule has 0 aromatic carbocycles. The molecule has 1 atom stereocenters. The Morgan fingerprint density at radius 3 is 2.26 bits per heavy atom. The van der Waals surface area contributed by atoms with Gasteiger partial charge < -0.3 is 20.0 Å². The molecule has 1 N–H and O–H groups in total. The quantitative estimate of drug-likeness (QED) is 0.825. The molecule has 132 valence electrons. The van der Waals surface area contributed by atoms with E-state index in [2.05, 4.69) is 26.9 Å². The van der Waals surface area contributed by atoms with Crippen LogP contribution in [0.4, 0.5) is 0 Å². The van der Waals surface area contributed by atoms with E-state index in [0.717, 1.165) is 11.8 Å². The van der Waals surface area contributed by atoms with Crippen LogP contribution in [0.2, 0.25) is 0 Å². The van der Waals surface area contributed by atoms with E-state index in [4.69, 9.17) is 0 Å². The molecule has 4 heterocycles. The topological polar surface area (TPSA) is 21.8 Å². The highest BCUT2D eigenvalue weighted by Crippen LogP contribution is 2.35. The van der Waals surface area contributed by atoms with E-state index in [-0.39, 0.29) is 0 Å². The summed E-state index contributed by atoms with van der Waals surface area (Å²) in [5.41, 5.74) is 0.701. The number of likely N-dealkylation sites (tertiary alicyclic amines) is 3. The second kappa shape index (κ2) is 6.99. The maximum absolute atomic E-state index is 3.44. The van der Waals surface area contributed by atoms with Crippen molar-refractivity contribution in [3.8, 4) is 0 Å². The zero-order valence-electron chi connectivity index (χ0n) is 15.1. The van der Waals surface area contributed by atoms with Crippen LogP contribution in [0, 0.1) is 17.3 Å². The molecule has 0 amide bonds. The number of hydrogen-bond acceptors (Lipinski definition) is 4. The normalized spacial score (nSPS) is 33.5. The monoisotopic (exact) mass is 320 g/mol. The average molecular weight is 321 g/mol. The molecule has 4 heteroatoms. The SMILES string of the molecule is CCN1CCCC(CN2CCC(CN3CC4(CNC4)C3)CC2)C1. The lowest BCUT2D eigenvalue weighted by molar-refractivity contribution is -0.0515. The van der Waals surface area contributed by atoms with Gasteiger partial charge in [-0.1, -0.05) is 6.92 Å². The van der Waals surface area contributed by atoms with Crippen LogP contribution < -0.4 is 5.32 Å². The van der Waals surface area contributed by atoms with Crippen LogP contribution in [0.25, 0.3) is 0 Å². The second-order valence-corrected chi connectivity index (χ2v) is 8.92. The van der Waals surface area contributed by atoms with Crippen LogP contribution in [0.15, 0.2) is 0 Å². The Balaban J connectivity index is 1.14. The summed E-state index contributed by atoms with van der Waals surface area (Å²) in [7, 11) is 0. The fraction of sp³-hybridized carbons (Fsp3) is 1.00. The first-order chi connectivity index (χ1) is 11.2. The van der Waals surface area contributed by atoms with Gasteiger partial charge in [0, 0.05) is 51.2 Å². The number of rotatable bonds is 5. The van der Waals surface area contributed by atoms with Gasteiger partial charge in [0.05, 0.1) is 0 Å². The standard InChI is InChI=1S/C19H36N4/c1-2-21-7-3-4-18(11-21)12-22-8-5-17(6-9-22)10-23-15-19(16-23)13-20-14-19/h17-18,20H,2-16H2,1H3. The Labute approximate surface area is 142 Å². The van der Waals surface area contributed by atoms with Crippen molar-refractivity contribution >= 4 is 0 Å². The minimum absolute atomic E-state index is 0.701. The van der Waals surface area contributed by atoms with Crippen molar-refractivity contribution in [1.82, 2.24) is 20.0 Å². The summed E-state index contributed by atoms with van der Waals surface area (Å²) in [6, 6.07) is 0. The number of piperidine rings is 2. The Morgan fingerprint density at radius 1 is 0.870 bits per heavy atom. The lowest BCUT2D eigenvalue weighted by atomic mass is 9.74. The Morgan fingerprint density at radius 2 is 1.61 bits per heavy atom.